The summed E-state index contributed by atoms with van der Waals surface area (Å²) in [6.45, 7) is 3.96. The van der Waals surface area contributed by atoms with E-state index in [-0.39, 0.29) is 18.1 Å². The number of hydrogen-bond acceptors (Lipinski definition) is 2. The van der Waals surface area contributed by atoms with Crippen molar-refractivity contribution >= 4 is 6.72 Å². The largest absolute Gasteiger partial charge is 0.594 e. The number of benzene rings is 2. The highest BCUT2D eigenvalue weighted by Gasteiger charge is 2.33. The van der Waals surface area contributed by atoms with Crippen LogP contribution in [0.2, 0.25) is 0 Å². The SMILES string of the molecule is C=[N+]1C=C([O-])O[C@H](c2ccccc2)[C@@H]1c1ccccc1. The van der Waals surface area contributed by atoms with Gasteiger partial charge in [0.2, 0.25) is 0 Å². The standard InChI is InChI=1S/C17H15NO2/c1-18-12-15(19)20-17(14-10-6-3-7-11-14)16(18)13-8-4-2-5-9-13/h2-12,16-17H,1H2/t16-,17+/m0/s1. The molecule has 2 aromatic carbocycles. The summed E-state index contributed by atoms with van der Waals surface area (Å²) < 4.78 is 7.21. The van der Waals surface area contributed by atoms with Crippen LogP contribution in [0.15, 0.2) is 72.8 Å². The Balaban J connectivity index is 2.06. The lowest BCUT2D eigenvalue weighted by Gasteiger charge is -2.34. The zero-order valence-electron chi connectivity index (χ0n) is 11.0. The minimum Gasteiger partial charge on any atom is -0.594 e. The zero-order valence-corrected chi connectivity index (χ0v) is 11.0. The van der Waals surface area contributed by atoms with Gasteiger partial charge in [-0.15, -0.1) is 0 Å². The van der Waals surface area contributed by atoms with Crippen molar-refractivity contribution in [3.8, 4) is 0 Å². The molecule has 3 rings (SSSR count). The molecule has 0 unspecified atom stereocenters. The predicted octanol–water partition coefficient (Wildman–Crippen LogP) is 2.37. The number of nitrogens with zero attached hydrogens (tertiary/aromatic N) is 1. The molecule has 2 aromatic rings. The molecule has 0 saturated heterocycles. The van der Waals surface area contributed by atoms with E-state index in [1.165, 1.54) is 6.20 Å². The Morgan fingerprint density at radius 2 is 1.45 bits per heavy atom. The van der Waals surface area contributed by atoms with Crippen molar-refractivity contribution in [2.45, 2.75) is 12.1 Å². The van der Waals surface area contributed by atoms with E-state index in [4.69, 9.17) is 4.74 Å². The second-order valence-corrected chi connectivity index (χ2v) is 4.77. The highest BCUT2D eigenvalue weighted by Crippen LogP contribution is 2.38. The molecule has 3 nitrogen and oxygen atoms in total. The molecule has 0 bridgehead atoms. The molecule has 1 heterocycles. The maximum Gasteiger partial charge on any atom is 0.199 e. The van der Waals surface area contributed by atoms with Crippen molar-refractivity contribution < 1.29 is 14.4 Å². The molecular weight excluding hydrogens is 250 g/mol. The molecule has 0 aromatic heterocycles. The van der Waals surface area contributed by atoms with Crippen molar-refractivity contribution in [2.24, 2.45) is 0 Å². The molecule has 0 radical (unpaired) electrons. The van der Waals surface area contributed by atoms with Gasteiger partial charge in [0.15, 0.2) is 12.2 Å². The van der Waals surface area contributed by atoms with Crippen LogP contribution < -0.4 is 5.11 Å². The van der Waals surface area contributed by atoms with Gasteiger partial charge < -0.3 is 9.84 Å². The van der Waals surface area contributed by atoms with Gasteiger partial charge in [0.1, 0.15) is 12.7 Å². The first-order valence-corrected chi connectivity index (χ1v) is 6.50. The lowest BCUT2D eigenvalue weighted by atomic mass is 9.94. The highest BCUT2D eigenvalue weighted by atomic mass is 16.6. The van der Waals surface area contributed by atoms with Crippen LogP contribution >= 0.6 is 0 Å². The van der Waals surface area contributed by atoms with Crippen LogP contribution in [0.5, 0.6) is 0 Å². The van der Waals surface area contributed by atoms with Gasteiger partial charge in [0, 0.05) is 5.56 Å². The molecule has 0 saturated carbocycles. The molecule has 0 amide bonds. The Kier molecular flexibility index (Phi) is 3.25. The van der Waals surface area contributed by atoms with Gasteiger partial charge in [-0.05, 0) is 5.56 Å². The van der Waals surface area contributed by atoms with Crippen molar-refractivity contribution in [2.75, 3.05) is 0 Å². The molecule has 1 aliphatic rings. The second kappa shape index (κ2) is 5.21. The fourth-order valence-corrected chi connectivity index (χ4v) is 2.52. The van der Waals surface area contributed by atoms with Crippen LogP contribution in [0.3, 0.4) is 0 Å². The first-order valence-electron chi connectivity index (χ1n) is 6.50. The summed E-state index contributed by atoms with van der Waals surface area (Å²) in [7, 11) is 0. The molecule has 2 atom stereocenters. The summed E-state index contributed by atoms with van der Waals surface area (Å²) >= 11 is 0. The summed E-state index contributed by atoms with van der Waals surface area (Å²) in [6, 6.07) is 19.6. The summed E-state index contributed by atoms with van der Waals surface area (Å²) in [5.41, 5.74) is 2.04. The fraction of sp³-hybridized carbons (Fsp3) is 0.118. The van der Waals surface area contributed by atoms with Gasteiger partial charge in [-0.3, -0.25) is 0 Å². The number of hydrogen-bond donors (Lipinski definition) is 0. The second-order valence-electron chi connectivity index (χ2n) is 4.77. The quantitative estimate of drug-likeness (QED) is 0.781. The third-order valence-electron chi connectivity index (χ3n) is 3.43. The zero-order chi connectivity index (χ0) is 13.9. The van der Waals surface area contributed by atoms with Crippen molar-refractivity contribution in [3.63, 3.8) is 0 Å². The average molecular weight is 265 g/mol. The third-order valence-corrected chi connectivity index (χ3v) is 3.43. The van der Waals surface area contributed by atoms with Crippen LogP contribution in [-0.4, -0.2) is 11.3 Å². The van der Waals surface area contributed by atoms with Gasteiger partial charge >= 0.3 is 0 Å². The highest BCUT2D eigenvalue weighted by molar-refractivity contribution is 5.28. The van der Waals surface area contributed by atoms with Gasteiger partial charge in [0.05, 0.1) is 6.10 Å². The first-order chi connectivity index (χ1) is 9.75. The molecule has 3 heteroatoms. The van der Waals surface area contributed by atoms with Crippen molar-refractivity contribution in [1.29, 1.82) is 0 Å². The minimum absolute atomic E-state index is 0.115. The molecule has 20 heavy (non-hydrogen) atoms. The maximum absolute atomic E-state index is 11.7. The van der Waals surface area contributed by atoms with Gasteiger partial charge in [-0.25, -0.2) is 4.58 Å². The Morgan fingerprint density at radius 1 is 0.900 bits per heavy atom. The lowest BCUT2D eigenvalue weighted by Crippen LogP contribution is -2.30. The average Bonchev–Trinajstić information content (AvgIpc) is 2.48. The molecule has 100 valence electrons. The Labute approximate surface area is 118 Å². The van der Waals surface area contributed by atoms with E-state index >= 15 is 0 Å². The van der Waals surface area contributed by atoms with Crippen molar-refractivity contribution in [3.05, 3.63) is 83.9 Å². The van der Waals surface area contributed by atoms with Crippen molar-refractivity contribution in [1.82, 2.24) is 0 Å². The molecule has 1 aliphatic heterocycles. The molecule has 0 N–H and O–H groups in total. The van der Waals surface area contributed by atoms with Crippen LogP contribution in [0.4, 0.5) is 0 Å². The number of rotatable bonds is 2. The molecule has 0 spiro atoms. The smallest absolute Gasteiger partial charge is 0.199 e. The predicted molar refractivity (Wildman–Crippen MR) is 74.9 cm³/mol. The van der Waals surface area contributed by atoms with Gasteiger partial charge in [-0.2, -0.15) is 0 Å². The third kappa shape index (κ3) is 2.30. The van der Waals surface area contributed by atoms with E-state index in [0.29, 0.717) is 0 Å². The summed E-state index contributed by atoms with van der Waals surface area (Å²) in [5, 5.41) is 11.7. The van der Waals surface area contributed by atoms with Crippen LogP contribution in [0, 0.1) is 0 Å². The van der Waals surface area contributed by atoms with E-state index in [1.807, 2.05) is 60.7 Å². The van der Waals surface area contributed by atoms with E-state index < -0.39 is 0 Å². The molecule has 0 fully saturated rings. The normalized spacial score (nSPS) is 22.0. The number of ether oxygens (including phenoxy) is 1. The van der Waals surface area contributed by atoms with E-state index in [1.54, 1.807) is 4.58 Å². The van der Waals surface area contributed by atoms with Gasteiger partial charge in [-0.1, -0.05) is 60.7 Å². The monoisotopic (exact) mass is 265 g/mol. The van der Waals surface area contributed by atoms with E-state index in [9.17, 15) is 5.11 Å². The van der Waals surface area contributed by atoms with E-state index in [0.717, 1.165) is 11.1 Å². The summed E-state index contributed by atoms with van der Waals surface area (Å²) in [4.78, 5) is 0. The molecular formula is C17H15NO2. The fourth-order valence-electron chi connectivity index (χ4n) is 2.52. The lowest BCUT2D eigenvalue weighted by molar-refractivity contribution is -0.551. The minimum atomic E-state index is -0.360. The van der Waals surface area contributed by atoms with Gasteiger partial charge in [0.25, 0.3) is 0 Å². The van der Waals surface area contributed by atoms with Crippen LogP contribution in [0.25, 0.3) is 0 Å². The van der Waals surface area contributed by atoms with E-state index in [2.05, 4.69) is 6.72 Å². The first kappa shape index (κ1) is 12.5. The van der Waals surface area contributed by atoms with Crippen LogP contribution in [0.1, 0.15) is 23.3 Å². The maximum atomic E-state index is 11.7. The molecule has 0 aliphatic carbocycles. The topological polar surface area (TPSA) is 35.3 Å². The Hall–Kier alpha value is -2.55. The Morgan fingerprint density at radius 3 is 2.05 bits per heavy atom. The summed E-state index contributed by atoms with van der Waals surface area (Å²) in [6.07, 6.45) is 1.05. The Bertz CT molecular complexity index is 635. The summed E-state index contributed by atoms with van der Waals surface area (Å²) in [5.74, 6) is -0.360. The van der Waals surface area contributed by atoms with Crippen LogP contribution in [-0.2, 0) is 4.74 Å².